The molecule has 0 fully saturated rings. The van der Waals surface area contributed by atoms with E-state index in [0.717, 1.165) is 23.8 Å². The first kappa shape index (κ1) is 15.4. The van der Waals surface area contributed by atoms with Crippen LogP contribution in [0, 0.1) is 11.6 Å². The van der Waals surface area contributed by atoms with Crippen molar-refractivity contribution in [1.29, 1.82) is 0 Å². The summed E-state index contributed by atoms with van der Waals surface area (Å²) in [5, 5.41) is 3.08. The average molecular weight is 291 g/mol. The summed E-state index contributed by atoms with van der Waals surface area (Å²) >= 11 is 0. The molecule has 21 heavy (non-hydrogen) atoms. The molecular formula is C17H19F2NO. The lowest BCUT2D eigenvalue weighted by atomic mass is 9.98. The molecule has 0 amide bonds. The fourth-order valence-corrected chi connectivity index (χ4v) is 2.24. The smallest absolute Gasteiger partial charge is 0.126 e. The molecule has 0 spiro atoms. The van der Waals surface area contributed by atoms with Gasteiger partial charge < -0.3 is 10.1 Å². The maximum absolute atomic E-state index is 13.4. The van der Waals surface area contributed by atoms with E-state index < -0.39 is 11.6 Å². The van der Waals surface area contributed by atoms with Crippen molar-refractivity contribution in [2.45, 2.75) is 19.4 Å². The van der Waals surface area contributed by atoms with Crippen LogP contribution < -0.4 is 10.1 Å². The number of ether oxygens (including phenoxy) is 1. The van der Waals surface area contributed by atoms with E-state index in [2.05, 4.69) is 5.32 Å². The molecule has 2 aromatic carbocycles. The van der Waals surface area contributed by atoms with Gasteiger partial charge in [-0.3, -0.25) is 0 Å². The largest absolute Gasteiger partial charge is 0.494 e. The SMILES string of the molecule is CCCOc1ccc(C(NC)c2cc(F)cc(F)c2)cc1. The first-order chi connectivity index (χ1) is 10.1. The maximum atomic E-state index is 13.4. The van der Waals surface area contributed by atoms with Gasteiger partial charge in [0, 0.05) is 6.07 Å². The zero-order chi connectivity index (χ0) is 15.2. The molecule has 1 N–H and O–H groups in total. The quantitative estimate of drug-likeness (QED) is 0.866. The van der Waals surface area contributed by atoms with Gasteiger partial charge in [-0.25, -0.2) is 8.78 Å². The molecule has 0 radical (unpaired) electrons. The summed E-state index contributed by atoms with van der Waals surface area (Å²) in [5.74, 6) is -0.359. The van der Waals surface area contributed by atoms with Crippen molar-refractivity contribution in [3.05, 3.63) is 65.2 Å². The zero-order valence-electron chi connectivity index (χ0n) is 12.2. The summed E-state index contributed by atoms with van der Waals surface area (Å²) in [6.07, 6.45) is 0.948. The third kappa shape index (κ3) is 4.02. The normalized spacial score (nSPS) is 12.2. The fraction of sp³-hybridized carbons (Fsp3) is 0.294. The number of hydrogen-bond acceptors (Lipinski definition) is 2. The van der Waals surface area contributed by atoms with Crippen molar-refractivity contribution in [1.82, 2.24) is 5.32 Å². The molecule has 4 heteroatoms. The lowest BCUT2D eigenvalue weighted by Crippen LogP contribution is -2.18. The van der Waals surface area contributed by atoms with E-state index in [4.69, 9.17) is 4.74 Å². The fourth-order valence-electron chi connectivity index (χ4n) is 2.24. The number of nitrogens with one attached hydrogen (secondary N) is 1. The molecule has 0 saturated carbocycles. The molecule has 112 valence electrons. The van der Waals surface area contributed by atoms with Crippen LogP contribution in [0.3, 0.4) is 0 Å². The maximum Gasteiger partial charge on any atom is 0.126 e. The van der Waals surface area contributed by atoms with E-state index in [1.54, 1.807) is 7.05 Å². The van der Waals surface area contributed by atoms with E-state index in [-0.39, 0.29) is 6.04 Å². The van der Waals surface area contributed by atoms with Crippen LogP contribution in [0.2, 0.25) is 0 Å². The summed E-state index contributed by atoms with van der Waals surface area (Å²) in [6.45, 7) is 2.72. The highest BCUT2D eigenvalue weighted by Gasteiger charge is 2.14. The molecule has 0 saturated heterocycles. The second-order valence-electron chi connectivity index (χ2n) is 4.84. The lowest BCUT2D eigenvalue weighted by molar-refractivity contribution is 0.317. The van der Waals surface area contributed by atoms with Gasteiger partial charge in [-0.1, -0.05) is 19.1 Å². The van der Waals surface area contributed by atoms with Crippen LogP contribution >= 0.6 is 0 Å². The van der Waals surface area contributed by atoms with E-state index in [0.29, 0.717) is 12.2 Å². The Kier molecular flexibility index (Phi) is 5.28. The second-order valence-corrected chi connectivity index (χ2v) is 4.84. The highest BCUT2D eigenvalue weighted by molar-refractivity contribution is 5.35. The van der Waals surface area contributed by atoms with Crippen molar-refractivity contribution >= 4 is 0 Å². The molecule has 2 nitrogen and oxygen atoms in total. The van der Waals surface area contributed by atoms with E-state index in [1.807, 2.05) is 31.2 Å². The van der Waals surface area contributed by atoms with Gasteiger partial charge in [-0.15, -0.1) is 0 Å². The highest BCUT2D eigenvalue weighted by atomic mass is 19.1. The van der Waals surface area contributed by atoms with Crippen molar-refractivity contribution in [3.8, 4) is 5.75 Å². The molecule has 0 aliphatic heterocycles. The predicted octanol–water partition coefficient (Wildman–Crippen LogP) is 4.06. The van der Waals surface area contributed by atoms with Gasteiger partial charge in [0.25, 0.3) is 0 Å². The Morgan fingerprint density at radius 3 is 2.14 bits per heavy atom. The van der Waals surface area contributed by atoms with Crippen molar-refractivity contribution in [3.63, 3.8) is 0 Å². The Morgan fingerprint density at radius 1 is 1.00 bits per heavy atom. The minimum absolute atomic E-state index is 0.268. The Hall–Kier alpha value is -1.94. The first-order valence-corrected chi connectivity index (χ1v) is 7.00. The highest BCUT2D eigenvalue weighted by Crippen LogP contribution is 2.25. The number of rotatable bonds is 6. The van der Waals surface area contributed by atoms with Crippen LogP contribution in [0.25, 0.3) is 0 Å². The molecule has 0 aliphatic rings. The van der Waals surface area contributed by atoms with Crippen LogP contribution in [0.15, 0.2) is 42.5 Å². The topological polar surface area (TPSA) is 21.3 Å². The third-order valence-electron chi connectivity index (χ3n) is 3.19. The minimum atomic E-state index is -0.576. The number of benzene rings is 2. The number of hydrogen-bond donors (Lipinski definition) is 1. The van der Waals surface area contributed by atoms with Gasteiger partial charge in [0.1, 0.15) is 17.4 Å². The van der Waals surface area contributed by atoms with Crippen LogP contribution in [0.1, 0.15) is 30.5 Å². The molecule has 0 aliphatic carbocycles. The molecule has 2 rings (SSSR count). The Labute approximate surface area is 123 Å². The monoisotopic (exact) mass is 291 g/mol. The summed E-state index contributed by atoms with van der Waals surface area (Å²) in [5.41, 5.74) is 1.48. The van der Waals surface area contributed by atoms with Gasteiger partial charge in [-0.2, -0.15) is 0 Å². The van der Waals surface area contributed by atoms with Crippen molar-refractivity contribution < 1.29 is 13.5 Å². The minimum Gasteiger partial charge on any atom is -0.494 e. The molecule has 0 aromatic heterocycles. The summed E-state index contributed by atoms with van der Waals surface area (Å²) in [4.78, 5) is 0. The predicted molar refractivity (Wildman–Crippen MR) is 79.5 cm³/mol. The van der Waals surface area contributed by atoms with Gasteiger partial charge in [0.15, 0.2) is 0 Å². The zero-order valence-corrected chi connectivity index (χ0v) is 12.2. The van der Waals surface area contributed by atoms with E-state index >= 15 is 0 Å². The number of halogens is 2. The summed E-state index contributed by atoms with van der Waals surface area (Å²) in [6, 6.07) is 10.8. The first-order valence-electron chi connectivity index (χ1n) is 7.00. The molecule has 0 heterocycles. The van der Waals surface area contributed by atoms with Crippen LogP contribution in [0.4, 0.5) is 8.78 Å². The van der Waals surface area contributed by atoms with Gasteiger partial charge in [0.05, 0.1) is 12.6 Å². The Balaban J connectivity index is 2.24. The molecule has 2 aromatic rings. The Morgan fingerprint density at radius 2 is 1.62 bits per heavy atom. The standard InChI is InChI=1S/C17H19F2NO/c1-3-8-21-16-6-4-12(5-7-16)17(20-2)13-9-14(18)11-15(19)10-13/h4-7,9-11,17,20H,3,8H2,1-2H3. The second kappa shape index (κ2) is 7.18. The van der Waals surface area contributed by atoms with Gasteiger partial charge >= 0.3 is 0 Å². The molecule has 1 atom stereocenters. The van der Waals surface area contributed by atoms with Crippen molar-refractivity contribution in [2.75, 3.05) is 13.7 Å². The third-order valence-corrected chi connectivity index (χ3v) is 3.19. The van der Waals surface area contributed by atoms with Crippen LogP contribution in [-0.2, 0) is 0 Å². The molecule has 0 bridgehead atoms. The summed E-state index contributed by atoms with van der Waals surface area (Å²) in [7, 11) is 1.76. The van der Waals surface area contributed by atoms with Gasteiger partial charge in [-0.05, 0) is 48.9 Å². The van der Waals surface area contributed by atoms with E-state index in [9.17, 15) is 8.78 Å². The summed E-state index contributed by atoms with van der Waals surface area (Å²) < 4.78 is 32.2. The molecular weight excluding hydrogens is 272 g/mol. The van der Waals surface area contributed by atoms with Crippen LogP contribution in [0.5, 0.6) is 5.75 Å². The average Bonchev–Trinajstić information content (AvgIpc) is 2.46. The Bertz CT molecular complexity index is 564. The van der Waals surface area contributed by atoms with E-state index in [1.165, 1.54) is 12.1 Å². The van der Waals surface area contributed by atoms with Crippen LogP contribution in [-0.4, -0.2) is 13.7 Å². The lowest BCUT2D eigenvalue weighted by Gasteiger charge is -2.18. The molecule has 1 unspecified atom stereocenters. The van der Waals surface area contributed by atoms with Gasteiger partial charge in [0.2, 0.25) is 0 Å². The van der Waals surface area contributed by atoms with Crippen molar-refractivity contribution in [2.24, 2.45) is 0 Å².